The number of hydrogen-bond acceptors (Lipinski definition) is 3. The summed E-state index contributed by atoms with van der Waals surface area (Å²) < 4.78 is 13.1. The van der Waals surface area contributed by atoms with Gasteiger partial charge in [-0.05, 0) is 24.3 Å². The molecule has 0 radical (unpaired) electrons. The first-order valence-electron chi connectivity index (χ1n) is 5.57. The zero-order chi connectivity index (χ0) is 14.7. The zero-order valence-electron chi connectivity index (χ0n) is 10.1. The van der Waals surface area contributed by atoms with E-state index in [2.05, 4.69) is 10.3 Å². The van der Waals surface area contributed by atoms with Crippen molar-refractivity contribution >= 4 is 28.8 Å². The number of halogens is 1. The number of nitrogens with two attached hydrogens (primary N) is 1. The van der Waals surface area contributed by atoms with Crippen molar-refractivity contribution in [2.75, 3.05) is 5.32 Å². The SMILES string of the molecule is NC(=S)c1cc(F)ccc1NC(=O)c1ccc(=O)[nH]c1. The topological polar surface area (TPSA) is 88.0 Å². The highest BCUT2D eigenvalue weighted by Crippen LogP contribution is 2.17. The minimum atomic E-state index is -0.505. The number of anilines is 1. The molecule has 0 aliphatic heterocycles. The van der Waals surface area contributed by atoms with Gasteiger partial charge in [-0.15, -0.1) is 0 Å². The molecule has 0 spiro atoms. The summed E-state index contributed by atoms with van der Waals surface area (Å²) in [5, 5.41) is 2.56. The number of aromatic nitrogens is 1. The average molecular weight is 291 g/mol. The number of hydrogen-bond donors (Lipinski definition) is 3. The van der Waals surface area contributed by atoms with Gasteiger partial charge in [-0.2, -0.15) is 0 Å². The van der Waals surface area contributed by atoms with Crippen molar-refractivity contribution < 1.29 is 9.18 Å². The number of carbonyl (C=O) groups excluding carboxylic acids is 1. The number of amides is 1. The number of H-pyrrole nitrogens is 1. The van der Waals surface area contributed by atoms with Crippen LogP contribution >= 0.6 is 12.2 Å². The van der Waals surface area contributed by atoms with Crippen LogP contribution in [0.2, 0.25) is 0 Å². The summed E-state index contributed by atoms with van der Waals surface area (Å²) in [6, 6.07) is 6.30. The Bertz CT molecular complexity index is 722. The number of thiocarbonyl (C=S) groups is 1. The Morgan fingerprint density at radius 3 is 2.65 bits per heavy atom. The molecule has 1 aromatic carbocycles. The van der Waals surface area contributed by atoms with Crippen LogP contribution in [0.3, 0.4) is 0 Å². The van der Waals surface area contributed by atoms with Gasteiger partial charge in [0.15, 0.2) is 0 Å². The predicted octanol–water partition coefficient (Wildman–Crippen LogP) is 1.40. The molecule has 2 rings (SSSR count). The van der Waals surface area contributed by atoms with E-state index in [4.69, 9.17) is 18.0 Å². The molecular weight excluding hydrogens is 281 g/mol. The van der Waals surface area contributed by atoms with Crippen LogP contribution < -0.4 is 16.6 Å². The summed E-state index contributed by atoms with van der Waals surface area (Å²) in [7, 11) is 0. The van der Waals surface area contributed by atoms with E-state index >= 15 is 0 Å². The molecule has 0 saturated carbocycles. The van der Waals surface area contributed by atoms with Crippen molar-refractivity contribution in [3.63, 3.8) is 0 Å². The van der Waals surface area contributed by atoms with E-state index in [1.165, 1.54) is 30.5 Å². The molecule has 0 atom stereocenters. The Balaban J connectivity index is 2.30. The van der Waals surface area contributed by atoms with E-state index in [1.807, 2.05) is 0 Å². The van der Waals surface area contributed by atoms with Crippen molar-refractivity contribution in [1.82, 2.24) is 4.98 Å². The summed E-state index contributed by atoms with van der Waals surface area (Å²) >= 11 is 4.81. The first-order valence-corrected chi connectivity index (χ1v) is 5.97. The summed E-state index contributed by atoms with van der Waals surface area (Å²) in [4.78, 5) is 25.3. The highest BCUT2D eigenvalue weighted by atomic mass is 32.1. The zero-order valence-corrected chi connectivity index (χ0v) is 11.0. The molecule has 0 aliphatic carbocycles. The molecule has 0 aliphatic rings. The van der Waals surface area contributed by atoms with E-state index in [9.17, 15) is 14.0 Å². The normalized spacial score (nSPS) is 10.1. The molecule has 1 aromatic heterocycles. The van der Waals surface area contributed by atoms with Gasteiger partial charge >= 0.3 is 0 Å². The third kappa shape index (κ3) is 3.07. The maximum Gasteiger partial charge on any atom is 0.257 e. The van der Waals surface area contributed by atoms with Crippen LogP contribution in [0.5, 0.6) is 0 Å². The first-order chi connectivity index (χ1) is 9.47. The van der Waals surface area contributed by atoms with Crippen LogP contribution in [0.15, 0.2) is 41.3 Å². The van der Waals surface area contributed by atoms with E-state index < -0.39 is 11.7 Å². The maximum absolute atomic E-state index is 13.1. The summed E-state index contributed by atoms with van der Waals surface area (Å²) in [5.74, 6) is -0.972. The molecular formula is C13H10FN3O2S. The fraction of sp³-hybridized carbons (Fsp3) is 0. The molecule has 0 saturated heterocycles. The van der Waals surface area contributed by atoms with Gasteiger partial charge in [-0.1, -0.05) is 12.2 Å². The summed E-state index contributed by atoms with van der Waals surface area (Å²) in [6.07, 6.45) is 1.28. The lowest BCUT2D eigenvalue weighted by Crippen LogP contribution is -2.18. The molecule has 102 valence electrons. The van der Waals surface area contributed by atoms with Gasteiger partial charge in [0.05, 0.1) is 11.3 Å². The third-order valence-corrected chi connectivity index (χ3v) is 2.76. The molecule has 4 N–H and O–H groups in total. The highest BCUT2D eigenvalue weighted by molar-refractivity contribution is 7.80. The molecule has 7 heteroatoms. The quantitative estimate of drug-likeness (QED) is 0.746. The van der Waals surface area contributed by atoms with Gasteiger partial charge in [0, 0.05) is 17.8 Å². The van der Waals surface area contributed by atoms with Gasteiger partial charge < -0.3 is 16.0 Å². The number of pyridine rings is 1. The van der Waals surface area contributed by atoms with Crippen molar-refractivity contribution in [3.8, 4) is 0 Å². The average Bonchev–Trinajstić information content (AvgIpc) is 2.41. The molecule has 2 aromatic rings. The molecule has 0 bridgehead atoms. The lowest BCUT2D eigenvalue weighted by molar-refractivity contribution is 0.102. The number of nitrogens with one attached hydrogen (secondary N) is 2. The molecule has 20 heavy (non-hydrogen) atoms. The van der Waals surface area contributed by atoms with Crippen molar-refractivity contribution in [1.29, 1.82) is 0 Å². The number of aromatic amines is 1. The van der Waals surface area contributed by atoms with Crippen LogP contribution in [-0.2, 0) is 0 Å². The van der Waals surface area contributed by atoms with Gasteiger partial charge in [-0.25, -0.2) is 4.39 Å². The lowest BCUT2D eigenvalue weighted by atomic mass is 10.1. The Labute approximate surface area is 118 Å². The van der Waals surface area contributed by atoms with Crippen LogP contribution in [0.25, 0.3) is 0 Å². The molecule has 0 unspecified atom stereocenters. The molecule has 5 nitrogen and oxygen atoms in total. The Morgan fingerprint density at radius 1 is 1.30 bits per heavy atom. The second kappa shape index (κ2) is 5.62. The van der Waals surface area contributed by atoms with Crippen LogP contribution in [0.4, 0.5) is 10.1 Å². The minimum Gasteiger partial charge on any atom is -0.389 e. The van der Waals surface area contributed by atoms with E-state index in [0.717, 1.165) is 6.07 Å². The van der Waals surface area contributed by atoms with Gasteiger partial charge in [-0.3, -0.25) is 9.59 Å². The molecule has 0 fully saturated rings. The van der Waals surface area contributed by atoms with Crippen LogP contribution in [0, 0.1) is 5.82 Å². The van der Waals surface area contributed by atoms with Crippen molar-refractivity contribution in [2.45, 2.75) is 0 Å². The van der Waals surface area contributed by atoms with E-state index in [1.54, 1.807) is 0 Å². The lowest BCUT2D eigenvalue weighted by Gasteiger charge is -2.10. The Kier molecular flexibility index (Phi) is 3.90. The number of rotatable bonds is 3. The van der Waals surface area contributed by atoms with Crippen molar-refractivity contribution in [3.05, 3.63) is 63.8 Å². The Morgan fingerprint density at radius 2 is 2.05 bits per heavy atom. The molecule has 1 heterocycles. The number of benzene rings is 1. The van der Waals surface area contributed by atoms with Crippen LogP contribution in [0.1, 0.15) is 15.9 Å². The number of carbonyl (C=O) groups is 1. The van der Waals surface area contributed by atoms with E-state index in [-0.39, 0.29) is 21.7 Å². The highest BCUT2D eigenvalue weighted by Gasteiger charge is 2.11. The van der Waals surface area contributed by atoms with Gasteiger partial charge in [0.25, 0.3) is 5.91 Å². The van der Waals surface area contributed by atoms with Gasteiger partial charge in [0.1, 0.15) is 10.8 Å². The predicted molar refractivity (Wildman–Crippen MR) is 77.3 cm³/mol. The fourth-order valence-corrected chi connectivity index (χ4v) is 1.74. The second-order valence-corrected chi connectivity index (χ2v) is 4.39. The maximum atomic E-state index is 13.1. The monoisotopic (exact) mass is 291 g/mol. The minimum absolute atomic E-state index is 0.0266. The van der Waals surface area contributed by atoms with Gasteiger partial charge in [0.2, 0.25) is 5.56 Å². The largest absolute Gasteiger partial charge is 0.389 e. The standard InChI is InChI=1S/C13H10FN3O2S/c14-8-2-3-10(9(5-8)12(15)20)17-13(19)7-1-4-11(18)16-6-7/h1-6H,(H2,15,20)(H,16,18)(H,17,19). The van der Waals surface area contributed by atoms with E-state index in [0.29, 0.717) is 5.69 Å². The summed E-state index contributed by atoms with van der Waals surface area (Å²) in [5.41, 5.74) is 5.96. The summed E-state index contributed by atoms with van der Waals surface area (Å²) in [6.45, 7) is 0. The van der Waals surface area contributed by atoms with Crippen LogP contribution in [-0.4, -0.2) is 15.9 Å². The smallest absolute Gasteiger partial charge is 0.257 e. The molecule has 1 amide bonds. The Hall–Kier alpha value is -2.54. The first kappa shape index (κ1) is 13.9. The second-order valence-electron chi connectivity index (χ2n) is 3.95. The fourth-order valence-electron chi connectivity index (χ4n) is 1.58. The third-order valence-electron chi connectivity index (χ3n) is 2.54. The van der Waals surface area contributed by atoms with Crippen molar-refractivity contribution in [2.24, 2.45) is 5.73 Å².